The number of aromatic nitrogens is 2. The molecule has 4 rings (SSSR count). The first-order valence-corrected chi connectivity index (χ1v) is 10.6. The van der Waals surface area contributed by atoms with Crippen LogP contribution in [0.4, 0.5) is 15.8 Å². The van der Waals surface area contributed by atoms with Gasteiger partial charge >= 0.3 is 0 Å². The highest BCUT2D eigenvalue weighted by molar-refractivity contribution is 6.30. The van der Waals surface area contributed by atoms with Gasteiger partial charge in [0.05, 0.1) is 16.9 Å². The molecule has 0 unspecified atom stereocenters. The monoisotopic (exact) mass is 459 g/mol. The highest BCUT2D eigenvalue weighted by Crippen LogP contribution is 2.33. The second kappa shape index (κ2) is 8.37. The smallest absolute Gasteiger partial charge is 0.270 e. The fourth-order valence-electron chi connectivity index (χ4n) is 4.15. The van der Waals surface area contributed by atoms with Crippen molar-refractivity contribution < 1.29 is 4.39 Å². The Morgan fingerprint density at radius 1 is 1.29 bits per heavy atom. The molecular weight excluding hydrogens is 440 g/mol. The van der Waals surface area contributed by atoms with Crippen LogP contribution in [-0.2, 0) is 7.05 Å². The average Bonchev–Trinajstić information content (AvgIpc) is 2.73. The summed E-state index contributed by atoms with van der Waals surface area (Å²) in [6, 6.07) is 9.99. The molecule has 0 bridgehead atoms. The summed E-state index contributed by atoms with van der Waals surface area (Å²) in [5.74, 6) is -0.293. The van der Waals surface area contributed by atoms with E-state index in [2.05, 4.69) is 16.4 Å². The molecule has 1 saturated heterocycles. The number of rotatable bonds is 3. The van der Waals surface area contributed by atoms with E-state index in [1.165, 1.54) is 10.6 Å². The van der Waals surface area contributed by atoms with Crippen molar-refractivity contribution in [1.82, 2.24) is 9.55 Å². The molecule has 1 aliphatic rings. The number of aryl methyl sites for hydroxylation is 1. The number of nitriles is 1. The van der Waals surface area contributed by atoms with E-state index >= 15 is 0 Å². The second-order valence-electron chi connectivity index (χ2n) is 7.79. The summed E-state index contributed by atoms with van der Waals surface area (Å²) >= 11 is 12.0. The van der Waals surface area contributed by atoms with Crippen molar-refractivity contribution in [2.45, 2.75) is 19.4 Å². The van der Waals surface area contributed by atoms with Gasteiger partial charge in [-0.25, -0.2) is 9.37 Å². The fourth-order valence-corrected chi connectivity index (χ4v) is 4.45. The van der Waals surface area contributed by atoms with Crippen molar-refractivity contribution in [2.75, 3.05) is 23.3 Å². The summed E-state index contributed by atoms with van der Waals surface area (Å²) in [5.41, 5.74) is 1.72. The standard InChI is InChI=1S/C22H20Cl2FN5O/c1-12-11-30(8-7-16(12)27-17-4-3-13(23)9-15(17)25)21-14(10-26)22(31)29(2)18-5-6-19(24)28-20(18)21/h3-6,9,12,16,27H,7-8,11H2,1-2H3/t12-,16+/m1/s1. The van der Waals surface area contributed by atoms with E-state index in [-0.39, 0.29) is 23.1 Å². The Hall–Kier alpha value is -2.82. The maximum atomic E-state index is 14.2. The van der Waals surface area contributed by atoms with E-state index in [4.69, 9.17) is 23.2 Å². The fraction of sp³-hybridized carbons (Fsp3) is 0.318. The molecule has 2 atom stereocenters. The van der Waals surface area contributed by atoms with Crippen LogP contribution in [0.25, 0.3) is 11.0 Å². The highest BCUT2D eigenvalue weighted by Gasteiger charge is 2.30. The van der Waals surface area contributed by atoms with Gasteiger partial charge in [0.2, 0.25) is 0 Å². The SMILES string of the molecule is C[C@@H]1CN(c2c(C#N)c(=O)n(C)c3ccc(Cl)nc23)CC[C@@H]1Nc1ccc(Cl)cc1F. The van der Waals surface area contributed by atoms with Gasteiger partial charge in [0.1, 0.15) is 28.1 Å². The summed E-state index contributed by atoms with van der Waals surface area (Å²) < 4.78 is 15.6. The van der Waals surface area contributed by atoms with Crippen LogP contribution in [0, 0.1) is 23.1 Å². The van der Waals surface area contributed by atoms with Crippen molar-refractivity contribution >= 4 is 45.6 Å². The lowest BCUT2D eigenvalue weighted by Gasteiger charge is -2.39. The van der Waals surface area contributed by atoms with E-state index in [1.54, 1.807) is 31.3 Å². The van der Waals surface area contributed by atoms with Gasteiger partial charge in [-0.3, -0.25) is 4.79 Å². The molecule has 0 aliphatic carbocycles. The largest absolute Gasteiger partial charge is 0.380 e. The third-order valence-electron chi connectivity index (χ3n) is 5.79. The van der Waals surface area contributed by atoms with Gasteiger partial charge in [0.15, 0.2) is 0 Å². The minimum atomic E-state index is -0.398. The van der Waals surface area contributed by atoms with Crippen LogP contribution in [0.2, 0.25) is 10.2 Å². The van der Waals surface area contributed by atoms with Gasteiger partial charge in [0.25, 0.3) is 5.56 Å². The second-order valence-corrected chi connectivity index (χ2v) is 8.61. The lowest BCUT2D eigenvalue weighted by Crippen LogP contribution is -2.46. The van der Waals surface area contributed by atoms with Crippen LogP contribution in [-0.4, -0.2) is 28.7 Å². The van der Waals surface area contributed by atoms with Crippen LogP contribution < -0.4 is 15.8 Å². The molecule has 1 fully saturated rings. The summed E-state index contributed by atoms with van der Waals surface area (Å²) in [6.07, 6.45) is 0.686. The average molecular weight is 460 g/mol. The number of pyridine rings is 2. The molecule has 1 aliphatic heterocycles. The molecule has 0 saturated carbocycles. The van der Waals surface area contributed by atoms with Gasteiger partial charge in [-0.05, 0) is 42.7 Å². The Kier molecular flexibility index (Phi) is 5.78. The van der Waals surface area contributed by atoms with Crippen LogP contribution >= 0.6 is 23.2 Å². The van der Waals surface area contributed by atoms with Crippen LogP contribution in [0.1, 0.15) is 18.9 Å². The van der Waals surface area contributed by atoms with E-state index < -0.39 is 5.82 Å². The molecule has 0 radical (unpaired) electrons. The zero-order chi connectivity index (χ0) is 22.3. The van der Waals surface area contributed by atoms with Crippen molar-refractivity contribution in [2.24, 2.45) is 13.0 Å². The number of nitrogens with zero attached hydrogens (tertiary/aromatic N) is 4. The highest BCUT2D eigenvalue weighted by atomic mass is 35.5. The van der Waals surface area contributed by atoms with Crippen molar-refractivity contribution in [1.29, 1.82) is 5.26 Å². The number of benzene rings is 1. The first-order valence-electron chi connectivity index (χ1n) is 9.86. The lowest BCUT2D eigenvalue weighted by molar-refractivity contribution is 0.403. The number of halogens is 3. The molecule has 160 valence electrons. The quantitative estimate of drug-likeness (QED) is 0.580. The molecule has 9 heteroatoms. The third-order valence-corrected chi connectivity index (χ3v) is 6.23. The Labute approximate surface area is 188 Å². The number of nitrogens with one attached hydrogen (secondary N) is 1. The summed E-state index contributed by atoms with van der Waals surface area (Å²) in [6.45, 7) is 3.19. The first kappa shape index (κ1) is 21.4. The number of hydrogen-bond donors (Lipinski definition) is 1. The normalized spacial score (nSPS) is 18.8. The minimum Gasteiger partial charge on any atom is -0.380 e. The Morgan fingerprint density at radius 2 is 2.06 bits per heavy atom. The van der Waals surface area contributed by atoms with E-state index in [9.17, 15) is 14.4 Å². The summed E-state index contributed by atoms with van der Waals surface area (Å²) in [5, 5.41) is 13.6. The number of anilines is 2. The van der Waals surface area contributed by atoms with Crippen LogP contribution in [0.15, 0.2) is 35.1 Å². The zero-order valence-corrected chi connectivity index (χ0v) is 18.5. The molecule has 3 heterocycles. The Bertz CT molecular complexity index is 1270. The summed E-state index contributed by atoms with van der Waals surface area (Å²) in [7, 11) is 1.62. The van der Waals surface area contributed by atoms with Gasteiger partial charge in [-0.1, -0.05) is 30.1 Å². The van der Waals surface area contributed by atoms with Gasteiger partial charge in [-0.2, -0.15) is 5.26 Å². The maximum Gasteiger partial charge on any atom is 0.270 e. The minimum absolute atomic E-state index is 0.0202. The molecule has 0 spiro atoms. The zero-order valence-electron chi connectivity index (χ0n) is 17.0. The topological polar surface area (TPSA) is 74.0 Å². The van der Waals surface area contributed by atoms with Gasteiger partial charge < -0.3 is 14.8 Å². The lowest BCUT2D eigenvalue weighted by atomic mass is 9.92. The van der Waals surface area contributed by atoms with E-state index in [1.807, 2.05) is 11.8 Å². The molecule has 31 heavy (non-hydrogen) atoms. The molecule has 6 nitrogen and oxygen atoms in total. The predicted molar refractivity (Wildman–Crippen MR) is 122 cm³/mol. The molecule has 1 aromatic carbocycles. The first-order chi connectivity index (χ1) is 14.8. The Morgan fingerprint density at radius 3 is 2.74 bits per heavy atom. The van der Waals surface area contributed by atoms with Gasteiger partial charge in [0, 0.05) is 31.2 Å². The van der Waals surface area contributed by atoms with Crippen LogP contribution in [0.3, 0.4) is 0 Å². The maximum absolute atomic E-state index is 14.2. The molecule has 0 amide bonds. The number of hydrogen-bond acceptors (Lipinski definition) is 5. The molecule has 1 N–H and O–H groups in total. The Balaban J connectivity index is 1.68. The van der Waals surface area contributed by atoms with E-state index in [0.717, 1.165) is 0 Å². The number of piperidine rings is 1. The third kappa shape index (κ3) is 3.93. The van der Waals surface area contributed by atoms with Crippen LogP contribution in [0.5, 0.6) is 0 Å². The van der Waals surface area contributed by atoms with E-state index in [0.29, 0.717) is 52.1 Å². The van der Waals surface area contributed by atoms with Gasteiger partial charge in [-0.15, -0.1) is 0 Å². The van der Waals surface area contributed by atoms with Crippen molar-refractivity contribution in [3.63, 3.8) is 0 Å². The molecular formula is C22H20Cl2FN5O. The molecule has 2 aromatic heterocycles. The summed E-state index contributed by atoms with van der Waals surface area (Å²) in [4.78, 5) is 19.2. The van der Waals surface area contributed by atoms with Crippen molar-refractivity contribution in [3.05, 3.63) is 62.2 Å². The predicted octanol–water partition coefficient (Wildman–Crippen LogP) is 4.58. The molecule has 3 aromatic rings. The number of fused-ring (bicyclic) bond motifs is 1. The van der Waals surface area contributed by atoms with Crippen molar-refractivity contribution in [3.8, 4) is 6.07 Å².